The number of hydrogen-bond donors (Lipinski definition) is 0. The summed E-state index contributed by atoms with van der Waals surface area (Å²) in [6.45, 7) is 29.8. The highest BCUT2D eigenvalue weighted by molar-refractivity contribution is 6.00. The van der Waals surface area contributed by atoms with Crippen LogP contribution in [0.1, 0.15) is 77.9 Å². The highest BCUT2D eigenvalue weighted by atomic mass is 14.2. The van der Waals surface area contributed by atoms with Gasteiger partial charge in [0.15, 0.2) is 0 Å². The van der Waals surface area contributed by atoms with Gasteiger partial charge in [-0.05, 0) is 253 Å². The van der Waals surface area contributed by atoms with Gasteiger partial charge in [-0.25, -0.2) is 0 Å². The van der Waals surface area contributed by atoms with Crippen molar-refractivity contribution in [2.24, 2.45) is 0 Å². The SMILES string of the molecule is Cc1ccc(-c2ccc(-c3ccc(C)cc3)cc2)cc1.Cc1ccc(-c2ccc(C)c3ccccc23)cc1.Cc1ccc(-c2cccc(-c3ccc(C)cc3)c2)cc1.Cc1ccc(-c2cccc(C)c2)cc1.Cc1cccc(-c2ccc(C)c3ccccc23)c1.Cc1cccc(-c2cccc(-c3cccc(C)c3)c2)c1.Cc1cccc(-c2cccc(C)c2)c1. The second kappa shape index (κ2) is 42.8. The lowest BCUT2D eigenvalue weighted by Crippen LogP contribution is -1.85. The van der Waals surface area contributed by atoms with Crippen molar-refractivity contribution in [3.05, 3.63) is 515 Å². The van der Waals surface area contributed by atoms with E-state index in [1.54, 1.807) is 0 Å². The summed E-state index contributed by atoms with van der Waals surface area (Å²) in [7, 11) is 0. The third-order valence-electron chi connectivity index (χ3n) is 22.6. The van der Waals surface area contributed by atoms with Gasteiger partial charge < -0.3 is 0 Å². The molecule has 0 heteroatoms. The number of hydrogen-bond acceptors (Lipinski definition) is 0. The summed E-state index contributed by atoms with van der Waals surface area (Å²) in [5.41, 5.74) is 43.9. The standard InChI is InChI=1S/3C20H18.2C18H16.2C14H14/c1-15-3-7-17(8-4-15)19-11-13-20(14-12-19)18-9-5-16(2)6-10-18;1-15-6-3-8-17(12-15)19-10-5-11-20(14-19)18-9-4-7-16(2)13-18;1-15-6-10-17(11-7-15)19-4-3-5-20(14-19)18-12-8-16(2)9-13-18;1-13-6-5-7-15(12-13)17-11-10-14(2)16-8-3-4-9-18(16)17;1-13-7-10-15(11-8-13)17-12-9-14(2)16-5-3-4-6-18(16)17;1-11-5-3-7-13(9-11)14-8-4-6-12(2)10-14;1-11-6-8-13(9-7-11)14-5-3-4-12(2)10-14/h3*3-14H,1-2H3;2*3-12H,1-2H3;2*3-10H,1-2H3. The van der Waals surface area contributed by atoms with Crippen molar-refractivity contribution >= 4 is 21.5 Å². The second-order valence-corrected chi connectivity index (χ2v) is 33.1. The van der Waals surface area contributed by atoms with E-state index in [0.717, 1.165) is 0 Å². The lowest BCUT2D eigenvalue weighted by atomic mass is 9.95. The van der Waals surface area contributed by atoms with Gasteiger partial charge in [0.1, 0.15) is 0 Å². The summed E-state index contributed by atoms with van der Waals surface area (Å²) in [4.78, 5) is 0. The van der Waals surface area contributed by atoms with E-state index in [-0.39, 0.29) is 0 Å². The Kier molecular flexibility index (Phi) is 30.2. The van der Waals surface area contributed by atoms with Crippen molar-refractivity contribution in [3.63, 3.8) is 0 Å². The quantitative estimate of drug-likeness (QED) is 0.128. The van der Waals surface area contributed by atoms with Crippen LogP contribution in [-0.4, -0.2) is 0 Å². The van der Waals surface area contributed by atoms with E-state index >= 15 is 0 Å². The maximum Gasteiger partial charge on any atom is -0.0103 e. The smallest absolute Gasteiger partial charge is 0.0103 e. The molecule has 19 aromatic rings. The molecular formula is C124H114. The van der Waals surface area contributed by atoms with Crippen LogP contribution in [0.5, 0.6) is 0 Å². The number of aryl methyl sites for hydroxylation is 14. The summed E-state index contributed by atoms with van der Waals surface area (Å²) < 4.78 is 0. The Hall–Kier alpha value is -14.3. The van der Waals surface area contributed by atoms with E-state index in [9.17, 15) is 0 Å². The van der Waals surface area contributed by atoms with Gasteiger partial charge in [-0.15, -0.1) is 0 Å². The van der Waals surface area contributed by atoms with Crippen molar-refractivity contribution in [1.82, 2.24) is 0 Å². The van der Waals surface area contributed by atoms with Crippen molar-refractivity contribution in [3.8, 4) is 111 Å². The molecule has 0 N–H and O–H groups in total. The summed E-state index contributed by atoms with van der Waals surface area (Å²) >= 11 is 0. The number of rotatable bonds is 10. The predicted molar refractivity (Wildman–Crippen MR) is 541 cm³/mol. The zero-order valence-electron chi connectivity index (χ0n) is 74.6. The molecule has 0 spiro atoms. The zero-order chi connectivity index (χ0) is 86.9. The fourth-order valence-electron chi connectivity index (χ4n) is 15.4. The summed E-state index contributed by atoms with van der Waals surface area (Å²) in [5, 5.41) is 5.36. The van der Waals surface area contributed by atoms with E-state index in [1.165, 1.54) is 211 Å². The first-order valence-corrected chi connectivity index (χ1v) is 43.3. The van der Waals surface area contributed by atoms with Crippen LogP contribution in [0.4, 0.5) is 0 Å². The first kappa shape index (κ1) is 87.5. The largest absolute Gasteiger partial charge is 0.0616 e. The molecule has 0 bridgehead atoms. The van der Waals surface area contributed by atoms with Crippen LogP contribution in [0.2, 0.25) is 0 Å². The minimum atomic E-state index is 1.26. The van der Waals surface area contributed by atoms with Crippen LogP contribution in [0.3, 0.4) is 0 Å². The van der Waals surface area contributed by atoms with Gasteiger partial charge in [0.05, 0.1) is 0 Å². The Balaban J connectivity index is 0.000000125. The van der Waals surface area contributed by atoms with Crippen LogP contribution < -0.4 is 0 Å². The molecule has 0 nitrogen and oxygen atoms in total. The molecule has 19 aromatic carbocycles. The first-order chi connectivity index (χ1) is 60.2. The minimum absolute atomic E-state index is 1.26. The van der Waals surface area contributed by atoms with E-state index in [2.05, 4.69) is 534 Å². The minimum Gasteiger partial charge on any atom is -0.0616 e. The topological polar surface area (TPSA) is 0 Å². The van der Waals surface area contributed by atoms with Gasteiger partial charge in [-0.2, -0.15) is 0 Å². The molecule has 0 fully saturated rings. The second-order valence-electron chi connectivity index (χ2n) is 33.1. The van der Waals surface area contributed by atoms with E-state index in [4.69, 9.17) is 0 Å². The van der Waals surface area contributed by atoms with Crippen LogP contribution in [0, 0.1) is 96.9 Å². The molecule has 0 heterocycles. The fourth-order valence-corrected chi connectivity index (χ4v) is 15.4. The lowest BCUT2D eigenvalue weighted by molar-refractivity contribution is 1.44. The average Bonchev–Trinajstić information content (AvgIpc) is 0.793. The predicted octanol–water partition coefficient (Wildman–Crippen LogP) is 35.1. The van der Waals surface area contributed by atoms with Crippen LogP contribution >= 0.6 is 0 Å². The molecule has 0 atom stereocenters. The van der Waals surface area contributed by atoms with Gasteiger partial charge in [0, 0.05) is 0 Å². The van der Waals surface area contributed by atoms with E-state index in [1.807, 2.05) is 0 Å². The number of fused-ring (bicyclic) bond motifs is 2. The third-order valence-corrected chi connectivity index (χ3v) is 22.6. The van der Waals surface area contributed by atoms with Crippen LogP contribution in [0.25, 0.3) is 133 Å². The Morgan fingerprint density at radius 3 is 0.516 bits per heavy atom. The Morgan fingerprint density at radius 1 is 0.0968 bits per heavy atom. The molecule has 0 saturated carbocycles. The monoisotopic (exact) mass is 1600 g/mol. The molecule has 0 radical (unpaired) electrons. The van der Waals surface area contributed by atoms with Gasteiger partial charge in [0.2, 0.25) is 0 Å². The molecule has 0 aliphatic rings. The lowest BCUT2D eigenvalue weighted by Gasteiger charge is -2.09. The van der Waals surface area contributed by atoms with E-state index < -0.39 is 0 Å². The van der Waals surface area contributed by atoms with Gasteiger partial charge in [-0.1, -0.05) is 491 Å². The molecule has 0 saturated heterocycles. The summed E-state index contributed by atoms with van der Waals surface area (Å²) in [5.74, 6) is 0. The number of benzene rings is 19. The maximum absolute atomic E-state index is 2.27. The highest BCUT2D eigenvalue weighted by Gasteiger charge is 2.11. The Bertz CT molecular complexity index is 6450. The Morgan fingerprint density at radius 2 is 0.266 bits per heavy atom. The summed E-state index contributed by atoms with van der Waals surface area (Å²) in [6.07, 6.45) is 0. The molecule has 0 amide bonds. The molecule has 19 rings (SSSR count). The fraction of sp³-hybridized carbons (Fsp3) is 0.113. The maximum atomic E-state index is 2.27. The molecule has 0 aliphatic heterocycles. The van der Waals surface area contributed by atoms with Crippen LogP contribution in [0.15, 0.2) is 437 Å². The van der Waals surface area contributed by atoms with Crippen molar-refractivity contribution in [2.45, 2.75) is 96.9 Å². The highest BCUT2D eigenvalue weighted by Crippen LogP contribution is 2.36. The van der Waals surface area contributed by atoms with Crippen molar-refractivity contribution in [2.75, 3.05) is 0 Å². The molecule has 0 aliphatic carbocycles. The molecule has 610 valence electrons. The zero-order valence-corrected chi connectivity index (χ0v) is 74.6. The first-order valence-electron chi connectivity index (χ1n) is 43.3. The average molecular weight is 1600 g/mol. The third kappa shape index (κ3) is 24.5. The van der Waals surface area contributed by atoms with E-state index in [0.29, 0.717) is 0 Å². The molecule has 0 aromatic heterocycles. The van der Waals surface area contributed by atoms with Gasteiger partial charge in [0.25, 0.3) is 0 Å². The molecular weight excluding hydrogens is 1490 g/mol. The van der Waals surface area contributed by atoms with Gasteiger partial charge >= 0.3 is 0 Å². The van der Waals surface area contributed by atoms with Gasteiger partial charge in [-0.3, -0.25) is 0 Å². The van der Waals surface area contributed by atoms with Crippen molar-refractivity contribution < 1.29 is 0 Å². The van der Waals surface area contributed by atoms with Crippen LogP contribution in [-0.2, 0) is 0 Å². The summed E-state index contributed by atoms with van der Waals surface area (Å²) in [6, 6.07) is 156. The molecule has 124 heavy (non-hydrogen) atoms. The Labute approximate surface area is 739 Å². The molecule has 0 unspecified atom stereocenters. The normalized spacial score (nSPS) is 10.5. The van der Waals surface area contributed by atoms with Crippen molar-refractivity contribution in [1.29, 1.82) is 0 Å².